The van der Waals surface area contributed by atoms with Crippen LogP contribution < -0.4 is 5.32 Å². The molecule has 3 atom stereocenters. The van der Waals surface area contributed by atoms with Crippen LogP contribution in [0.1, 0.15) is 15.9 Å². The highest BCUT2D eigenvalue weighted by atomic mass is 19.1. The first-order valence-electron chi connectivity index (χ1n) is 9.56. The Morgan fingerprint density at radius 2 is 1.81 bits per heavy atom. The molecule has 4 aliphatic rings. The molecule has 1 N–H and O–H groups in total. The molecule has 6 heteroatoms. The summed E-state index contributed by atoms with van der Waals surface area (Å²) in [6.45, 7) is 6.04. The van der Waals surface area contributed by atoms with Crippen LogP contribution in [-0.2, 0) is 5.41 Å². The molecule has 4 aliphatic heterocycles. The van der Waals surface area contributed by atoms with Crippen LogP contribution in [0, 0.1) is 11.7 Å². The number of nitrogens with one attached hydrogen (secondary N) is 1. The number of carbonyl (C=O) groups is 1. The van der Waals surface area contributed by atoms with Crippen molar-refractivity contribution < 1.29 is 9.18 Å². The van der Waals surface area contributed by atoms with E-state index in [1.807, 2.05) is 6.07 Å². The van der Waals surface area contributed by atoms with Crippen molar-refractivity contribution in [1.82, 2.24) is 20.1 Å². The maximum atomic E-state index is 13.5. The predicted octanol–water partition coefficient (Wildman–Crippen LogP) is 1.52. The molecule has 1 aromatic carbocycles. The zero-order valence-electron chi connectivity index (χ0n) is 15.1. The van der Waals surface area contributed by atoms with Gasteiger partial charge in [-0.3, -0.25) is 9.78 Å². The van der Waals surface area contributed by atoms with Crippen molar-refractivity contribution in [2.45, 2.75) is 11.5 Å². The molecule has 5 nitrogen and oxygen atoms in total. The Balaban J connectivity index is 1.53. The van der Waals surface area contributed by atoms with Crippen molar-refractivity contribution in [3.63, 3.8) is 0 Å². The summed E-state index contributed by atoms with van der Waals surface area (Å²) in [7, 11) is 0. The minimum atomic E-state index is -0.487. The predicted molar refractivity (Wildman–Crippen MR) is 99.9 cm³/mol. The average molecular weight is 366 g/mol. The molecule has 0 aliphatic carbocycles. The van der Waals surface area contributed by atoms with Gasteiger partial charge in [-0.05, 0) is 11.6 Å². The largest absolute Gasteiger partial charge is 0.348 e. The molecule has 2 aromatic rings. The maximum Gasteiger partial charge on any atom is 0.253 e. The Morgan fingerprint density at radius 1 is 1.11 bits per heavy atom. The Morgan fingerprint density at radius 3 is 2.48 bits per heavy atom. The lowest BCUT2D eigenvalue weighted by molar-refractivity contribution is 0.0180. The highest BCUT2D eigenvalue weighted by molar-refractivity contribution is 5.94. The number of amides is 1. The van der Waals surface area contributed by atoms with Crippen LogP contribution in [0.25, 0.3) is 0 Å². The van der Waals surface area contributed by atoms with Crippen LogP contribution >= 0.6 is 0 Å². The standard InChI is InChI=1S/C21H23FN4O/c22-18-8-15(9-23-10-18)20(27)24-19-16-11-25-6-7-26(12-16)14-21(19,13-25)17-4-2-1-3-5-17/h1-5,8-10,16,19H,6-7,11-14H2,(H,24,27)/t16?,19-,21?/m0/s1. The molecule has 1 aromatic heterocycles. The molecule has 5 heterocycles. The van der Waals surface area contributed by atoms with Crippen LogP contribution in [0.4, 0.5) is 4.39 Å². The zero-order valence-corrected chi connectivity index (χ0v) is 15.1. The van der Waals surface area contributed by atoms with Crippen LogP contribution in [0.5, 0.6) is 0 Å². The molecule has 4 saturated heterocycles. The van der Waals surface area contributed by atoms with Gasteiger partial charge in [0, 0.05) is 62.8 Å². The Bertz CT molecular complexity index is 842. The van der Waals surface area contributed by atoms with Crippen molar-refractivity contribution in [2.75, 3.05) is 39.3 Å². The van der Waals surface area contributed by atoms with Crippen molar-refractivity contribution in [3.8, 4) is 0 Å². The molecular formula is C21H23FN4O. The molecule has 4 fully saturated rings. The third-order valence-electron chi connectivity index (χ3n) is 6.40. The summed E-state index contributed by atoms with van der Waals surface area (Å²) in [6.07, 6.45) is 2.55. The topological polar surface area (TPSA) is 48.5 Å². The first kappa shape index (κ1) is 16.8. The summed E-state index contributed by atoms with van der Waals surface area (Å²) in [5.74, 6) is -0.362. The lowest BCUT2D eigenvalue weighted by Crippen LogP contribution is -2.70. The fraction of sp³-hybridized carbons (Fsp3) is 0.429. The van der Waals surface area contributed by atoms with Crippen molar-refractivity contribution in [2.24, 2.45) is 5.92 Å². The SMILES string of the molecule is O=C(N[C@H]1C2CN3CCN(C2)CC1(c1ccccc1)C3)c1cncc(F)c1. The van der Waals surface area contributed by atoms with E-state index >= 15 is 0 Å². The highest BCUT2D eigenvalue weighted by Gasteiger charge is 2.55. The molecule has 2 unspecified atom stereocenters. The van der Waals surface area contributed by atoms with E-state index in [9.17, 15) is 9.18 Å². The number of carbonyl (C=O) groups excluding carboxylic acids is 1. The number of hydrogen-bond donors (Lipinski definition) is 1. The van der Waals surface area contributed by atoms with Gasteiger partial charge in [0.1, 0.15) is 5.82 Å². The summed E-state index contributed by atoms with van der Waals surface area (Å²) in [6, 6.07) is 11.8. The van der Waals surface area contributed by atoms with E-state index in [1.54, 1.807) is 0 Å². The molecule has 4 bridgehead atoms. The van der Waals surface area contributed by atoms with Gasteiger partial charge in [-0.1, -0.05) is 30.3 Å². The highest BCUT2D eigenvalue weighted by Crippen LogP contribution is 2.43. The number of aromatic nitrogens is 1. The second-order valence-electron chi connectivity index (χ2n) is 8.10. The van der Waals surface area contributed by atoms with Gasteiger partial charge in [-0.15, -0.1) is 0 Å². The fourth-order valence-corrected chi connectivity index (χ4v) is 5.33. The Kier molecular flexibility index (Phi) is 3.98. The third-order valence-corrected chi connectivity index (χ3v) is 6.40. The molecule has 0 spiro atoms. The van der Waals surface area contributed by atoms with Gasteiger partial charge in [0.25, 0.3) is 5.91 Å². The Labute approximate surface area is 158 Å². The van der Waals surface area contributed by atoms with E-state index in [4.69, 9.17) is 0 Å². The molecule has 1 amide bonds. The lowest BCUT2D eigenvalue weighted by Gasteiger charge is -2.55. The van der Waals surface area contributed by atoms with Crippen LogP contribution in [0.3, 0.4) is 0 Å². The summed E-state index contributed by atoms with van der Waals surface area (Å²) in [5.41, 5.74) is 1.41. The van der Waals surface area contributed by atoms with Gasteiger partial charge in [-0.2, -0.15) is 0 Å². The van der Waals surface area contributed by atoms with Gasteiger partial charge >= 0.3 is 0 Å². The minimum absolute atomic E-state index is 0.0290. The normalized spacial score (nSPS) is 34.3. The molecule has 140 valence electrons. The number of nitrogens with zero attached hydrogens (tertiary/aromatic N) is 3. The molecule has 0 saturated carbocycles. The third kappa shape index (κ3) is 2.84. The van der Waals surface area contributed by atoms with Crippen LogP contribution in [0.15, 0.2) is 48.8 Å². The van der Waals surface area contributed by atoms with E-state index in [0.29, 0.717) is 5.92 Å². The quantitative estimate of drug-likeness (QED) is 0.895. The fourth-order valence-electron chi connectivity index (χ4n) is 5.33. The van der Waals surface area contributed by atoms with Crippen LogP contribution in [0.2, 0.25) is 0 Å². The number of halogens is 1. The number of hydrogen-bond acceptors (Lipinski definition) is 4. The van der Waals surface area contributed by atoms with E-state index in [0.717, 1.165) is 45.5 Å². The smallest absolute Gasteiger partial charge is 0.253 e. The first-order valence-corrected chi connectivity index (χ1v) is 9.56. The molecule has 27 heavy (non-hydrogen) atoms. The first-order chi connectivity index (χ1) is 13.1. The maximum absolute atomic E-state index is 13.5. The van der Waals surface area contributed by atoms with Crippen molar-refractivity contribution >= 4 is 5.91 Å². The molecule has 6 rings (SSSR count). The van der Waals surface area contributed by atoms with Gasteiger partial charge in [-0.25, -0.2) is 4.39 Å². The van der Waals surface area contributed by atoms with Gasteiger partial charge in [0.05, 0.1) is 11.8 Å². The summed E-state index contributed by atoms with van der Waals surface area (Å²) in [5, 5.41) is 3.27. The number of pyridine rings is 1. The van der Waals surface area contributed by atoms with Gasteiger partial charge < -0.3 is 15.1 Å². The van der Waals surface area contributed by atoms with Gasteiger partial charge in [0.2, 0.25) is 0 Å². The van der Waals surface area contributed by atoms with E-state index in [2.05, 4.69) is 44.4 Å². The number of fused-ring (bicyclic) bond motifs is 1. The molecular weight excluding hydrogens is 343 g/mol. The summed E-state index contributed by atoms with van der Waals surface area (Å²) >= 11 is 0. The van der Waals surface area contributed by atoms with Gasteiger partial charge in [0.15, 0.2) is 0 Å². The monoisotopic (exact) mass is 366 g/mol. The average Bonchev–Trinajstić information content (AvgIpc) is 2.93. The second kappa shape index (κ2) is 6.39. The van der Waals surface area contributed by atoms with Crippen LogP contribution in [-0.4, -0.2) is 66.0 Å². The van der Waals surface area contributed by atoms with Crippen molar-refractivity contribution in [1.29, 1.82) is 0 Å². The Hall–Kier alpha value is -2.31. The van der Waals surface area contributed by atoms with Crippen molar-refractivity contribution in [3.05, 3.63) is 65.7 Å². The van der Waals surface area contributed by atoms with E-state index in [-0.39, 0.29) is 22.9 Å². The zero-order chi connectivity index (χ0) is 18.4. The van der Waals surface area contributed by atoms with E-state index in [1.165, 1.54) is 17.8 Å². The lowest BCUT2D eigenvalue weighted by atomic mass is 9.64. The number of rotatable bonds is 3. The number of piperidine rings is 2. The number of benzene rings is 1. The minimum Gasteiger partial charge on any atom is -0.348 e. The molecule has 0 radical (unpaired) electrons. The summed E-state index contributed by atoms with van der Waals surface area (Å²) < 4.78 is 13.5. The summed E-state index contributed by atoms with van der Waals surface area (Å²) in [4.78, 5) is 21.8. The second-order valence-corrected chi connectivity index (χ2v) is 8.10. The van der Waals surface area contributed by atoms with E-state index < -0.39 is 5.82 Å².